The number of hydrogen-bond donors (Lipinski definition) is 1. The Kier molecular flexibility index (Phi) is 2.75. The van der Waals surface area contributed by atoms with Crippen molar-refractivity contribution in [3.05, 3.63) is 41.7 Å². The summed E-state index contributed by atoms with van der Waals surface area (Å²) in [5, 5.41) is 8.29. The van der Waals surface area contributed by atoms with Gasteiger partial charge in [0.05, 0.1) is 6.20 Å². The fourth-order valence-electron chi connectivity index (χ4n) is 2.77. The first kappa shape index (κ1) is 13.0. The van der Waals surface area contributed by atoms with Gasteiger partial charge in [-0.2, -0.15) is 10.1 Å². The van der Waals surface area contributed by atoms with Crippen molar-refractivity contribution in [1.82, 2.24) is 24.9 Å². The smallest absolute Gasteiger partial charge is 0.230 e. The SMILES string of the molecule is Cc1cc(N)ncc1-c1noc([C@@H]2C[C@H]2c2cnn(C)c2)n1. The third kappa shape index (κ3) is 2.14. The molecule has 1 aliphatic rings. The minimum Gasteiger partial charge on any atom is -0.384 e. The molecule has 0 amide bonds. The molecule has 7 heteroatoms. The van der Waals surface area contributed by atoms with E-state index < -0.39 is 0 Å². The molecule has 0 unspecified atom stereocenters. The van der Waals surface area contributed by atoms with Crippen LogP contribution in [0.4, 0.5) is 5.82 Å². The van der Waals surface area contributed by atoms with Crippen LogP contribution in [-0.2, 0) is 7.05 Å². The number of nitrogens with two attached hydrogens (primary N) is 1. The average molecular weight is 296 g/mol. The van der Waals surface area contributed by atoms with Crippen molar-refractivity contribution in [2.75, 3.05) is 5.73 Å². The number of nitrogen functional groups attached to an aromatic ring is 1. The predicted molar refractivity (Wildman–Crippen MR) is 80.0 cm³/mol. The van der Waals surface area contributed by atoms with Gasteiger partial charge in [-0.1, -0.05) is 5.16 Å². The number of nitrogens with zero attached hydrogens (tertiary/aromatic N) is 5. The number of hydrogen-bond acceptors (Lipinski definition) is 6. The van der Waals surface area contributed by atoms with Gasteiger partial charge in [-0.3, -0.25) is 4.68 Å². The van der Waals surface area contributed by atoms with Crippen LogP contribution in [0.15, 0.2) is 29.2 Å². The van der Waals surface area contributed by atoms with Gasteiger partial charge in [-0.25, -0.2) is 4.98 Å². The Bertz CT molecular complexity index is 836. The molecule has 2 atom stereocenters. The van der Waals surface area contributed by atoms with Crippen molar-refractivity contribution >= 4 is 5.82 Å². The normalized spacial score (nSPS) is 20.3. The first-order chi connectivity index (χ1) is 10.6. The molecule has 0 spiro atoms. The molecular weight excluding hydrogens is 280 g/mol. The van der Waals surface area contributed by atoms with Crippen LogP contribution in [0.1, 0.15) is 35.3 Å². The van der Waals surface area contributed by atoms with Gasteiger partial charge in [0, 0.05) is 30.9 Å². The van der Waals surface area contributed by atoms with Crippen LogP contribution in [-0.4, -0.2) is 24.9 Å². The lowest BCUT2D eigenvalue weighted by atomic mass is 10.1. The zero-order valence-corrected chi connectivity index (χ0v) is 12.4. The predicted octanol–water partition coefficient (Wildman–Crippen LogP) is 2.03. The molecule has 0 bridgehead atoms. The molecule has 2 N–H and O–H groups in total. The zero-order chi connectivity index (χ0) is 15.3. The molecule has 3 heterocycles. The summed E-state index contributed by atoms with van der Waals surface area (Å²) < 4.78 is 7.25. The highest BCUT2D eigenvalue weighted by Gasteiger charge is 2.44. The molecule has 22 heavy (non-hydrogen) atoms. The molecule has 0 saturated heterocycles. The second kappa shape index (κ2) is 4.66. The summed E-state index contributed by atoms with van der Waals surface area (Å²) in [5.74, 6) is 2.45. The summed E-state index contributed by atoms with van der Waals surface area (Å²) in [7, 11) is 1.92. The molecule has 4 rings (SSSR count). The quantitative estimate of drug-likeness (QED) is 0.794. The average Bonchev–Trinajstić information content (AvgIpc) is 2.92. The van der Waals surface area contributed by atoms with E-state index in [0.29, 0.717) is 23.5 Å². The van der Waals surface area contributed by atoms with E-state index >= 15 is 0 Å². The van der Waals surface area contributed by atoms with Gasteiger partial charge < -0.3 is 10.3 Å². The first-order valence-electron chi connectivity index (χ1n) is 7.16. The van der Waals surface area contributed by atoms with Crippen LogP contribution in [0.3, 0.4) is 0 Å². The van der Waals surface area contributed by atoms with Gasteiger partial charge in [-0.15, -0.1) is 0 Å². The third-order valence-corrected chi connectivity index (χ3v) is 4.08. The monoisotopic (exact) mass is 296 g/mol. The van der Waals surface area contributed by atoms with Crippen molar-refractivity contribution in [2.24, 2.45) is 7.05 Å². The van der Waals surface area contributed by atoms with E-state index in [0.717, 1.165) is 17.5 Å². The number of aromatic nitrogens is 5. The summed E-state index contributed by atoms with van der Waals surface area (Å²) in [6.45, 7) is 1.96. The van der Waals surface area contributed by atoms with Crippen molar-refractivity contribution in [2.45, 2.75) is 25.2 Å². The maximum absolute atomic E-state index is 5.67. The van der Waals surface area contributed by atoms with Crippen LogP contribution in [0, 0.1) is 6.92 Å². The summed E-state index contributed by atoms with van der Waals surface area (Å²) >= 11 is 0. The summed E-state index contributed by atoms with van der Waals surface area (Å²) in [6, 6.07) is 1.81. The van der Waals surface area contributed by atoms with Crippen LogP contribution in [0.25, 0.3) is 11.4 Å². The van der Waals surface area contributed by atoms with E-state index in [4.69, 9.17) is 10.3 Å². The lowest BCUT2D eigenvalue weighted by Gasteiger charge is -2.00. The lowest BCUT2D eigenvalue weighted by Crippen LogP contribution is -1.93. The Morgan fingerprint density at radius 1 is 1.32 bits per heavy atom. The second-order valence-corrected chi connectivity index (χ2v) is 5.78. The Hall–Kier alpha value is -2.70. The molecule has 1 aliphatic carbocycles. The zero-order valence-electron chi connectivity index (χ0n) is 12.4. The Labute approximate surface area is 127 Å². The van der Waals surface area contributed by atoms with E-state index in [2.05, 4.69) is 20.2 Å². The fourth-order valence-corrected chi connectivity index (χ4v) is 2.77. The van der Waals surface area contributed by atoms with Crippen molar-refractivity contribution < 1.29 is 4.52 Å². The highest BCUT2D eigenvalue weighted by molar-refractivity contribution is 5.60. The highest BCUT2D eigenvalue weighted by Crippen LogP contribution is 2.54. The van der Waals surface area contributed by atoms with Crippen LogP contribution in [0.5, 0.6) is 0 Å². The highest BCUT2D eigenvalue weighted by atomic mass is 16.5. The molecule has 1 fully saturated rings. The molecule has 3 aromatic rings. The van der Waals surface area contributed by atoms with Gasteiger partial charge in [0.25, 0.3) is 0 Å². The minimum absolute atomic E-state index is 0.285. The van der Waals surface area contributed by atoms with Crippen molar-refractivity contribution in [1.29, 1.82) is 0 Å². The lowest BCUT2D eigenvalue weighted by molar-refractivity contribution is 0.378. The molecule has 7 nitrogen and oxygen atoms in total. The van der Waals surface area contributed by atoms with Gasteiger partial charge in [0.15, 0.2) is 0 Å². The first-order valence-corrected chi connectivity index (χ1v) is 7.16. The fraction of sp³-hybridized carbons (Fsp3) is 0.333. The maximum atomic E-state index is 5.67. The van der Waals surface area contributed by atoms with Gasteiger partial charge >= 0.3 is 0 Å². The van der Waals surface area contributed by atoms with Crippen molar-refractivity contribution in [3.8, 4) is 11.4 Å². The Morgan fingerprint density at radius 2 is 2.18 bits per heavy atom. The Balaban J connectivity index is 1.58. The topological polar surface area (TPSA) is 95.6 Å². The number of pyridine rings is 1. The summed E-state index contributed by atoms with van der Waals surface area (Å²) in [4.78, 5) is 8.63. The van der Waals surface area contributed by atoms with Gasteiger partial charge in [-0.05, 0) is 36.5 Å². The molecule has 112 valence electrons. The van der Waals surface area contributed by atoms with E-state index in [1.54, 1.807) is 12.3 Å². The summed E-state index contributed by atoms with van der Waals surface area (Å²) in [6.07, 6.45) is 6.64. The molecule has 0 radical (unpaired) electrons. The van der Waals surface area contributed by atoms with E-state index in [1.165, 1.54) is 5.56 Å². The number of rotatable bonds is 3. The maximum Gasteiger partial charge on any atom is 0.230 e. The minimum atomic E-state index is 0.285. The number of anilines is 1. The summed E-state index contributed by atoms with van der Waals surface area (Å²) in [5.41, 5.74) is 8.73. The van der Waals surface area contributed by atoms with Crippen molar-refractivity contribution in [3.63, 3.8) is 0 Å². The molecule has 0 aromatic carbocycles. The van der Waals surface area contributed by atoms with E-state index in [-0.39, 0.29) is 5.92 Å². The Morgan fingerprint density at radius 3 is 2.91 bits per heavy atom. The van der Waals surface area contributed by atoms with E-state index in [9.17, 15) is 0 Å². The largest absolute Gasteiger partial charge is 0.384 e. The van der Waals surface area contributed by atoms with E-state index in [1.807, 2.05) is 31.0 Å². The standard InChI is InChI=1S/C15H16N6O/c1-8-3-13(16)17-6-12(8)14-19-15(22-20-14)11-4-10(11)9-5-18-21(2)7-9/h3,5-7,10-11H,4H2,1-2H3,(H2,16,17)/t10-,11+/m0/s1. The molecular formula is C15H16N6O. The molecule has 0 aliphatic heterocycles. The third-order valence-electron chi connectivity index (χ3n) is 4.08. The molecule has 3 aromatic heterocycles. The second-order valence-electron chi connectivity index (χ2n) is 5.78. The number of aryl methyl sites for hydroxylation is 2. The van der Waals surface area contributed by atoms with Crippen LogP contribution >= 0.6 is 0 Å². The van der Waals surface area contributed by atoms with Crippen LogP contribution < -0.4 is 5.73 Å². The van der Waals surface area contributed by atoms with Crippen LogP contribution in [0.2, 0.25) is 0 Å². The van der Waals surface area contributed by atoms with Gasteiger partial charge in [0.1, 0.15) is 5.82 Å². The molecule has 1 saturated carbocycles. The van der Waals surface area contributed by atoms with Gasteiger partial charge in [0.2, 0.25) is 11.7 Å².